The summed E-state index contributed by atoms with van der Waals surface area (Å²) in [6.45, 7) is 6.17. The lowest BCUT2D eigenvalue weighted by Crippen LogP contribution is -2.26. The van der Waals surface area contributed by atoms with Crippen LogP contribution in [0.5, 0.6) is 0 Å². The van der Waals surface area contributed by atoms with Gasteiger partial charge in [-0.2, -0.15) is 0 Å². The van der Waals surface area contributed by atoms with Crippen LogP contribution in [0.1, 0.15) is 46.0 Å². The zero-order valence-corrected chi connectivity index (χ0v) is 12.4. The topological polar surface area (TPSA) is 40.5 Å². The first-order chi connectivity index (χ1) is 8.11. The number of hydrogen-bond acceptors (Lipinski definition) is 3. The van der Waals surface area contributed by atoms with Gasteiger partial charge in [0.1, 0.15) is 4.32 Å². The van der Waals surface area contributed by atoms with Crippen molar-refractivity contribution in [2.24, 2.45) is 0 Å². The molecule has 0 bridgehead atoms. The van der Waals surface area contributed by atoms with E-state index in [0.29, 0.717) is 6.42 Å². The van der Waals surface area contributed by atoms with Gasteiger partial charge >= 0.3 is 5.97 Å². The molecule has 0 atom stereocenters. The molecule has 5 heteroatoms. The van der Waals surface area contributed by atoms with E-state index in [9.17, 15) is 4.79 Å². The highest BCUT2D eigenvalue weighted by Crippen LogP contribution is 2.13. The molecular formula is C12H23NO2S2. The number of thiocarbonyl (C=S) groups is 1. The largest absolute Gasteiger partial charge is 0.481 e. The number of unbranched alkanes of at least 4 members (excludes halogenated alkanes) is 3. The van der Waals surface area contributed by atoms with Gasteiger partial charge in [0, 0.05) is 25.3 Å². The first kappa shape index (κ1) is 16.7. The maximum absolute atomic E-state index is 10.3. The van der Waals surface area contributed by atoms with Gasteiger partial charge in [-0.1, -0.05) is 36.8 Å². The van der Waals surface area contributed by atoms with Crippen molar-refractivity contribution in [3.8, 4) is 0 Å². The van der Waals surface area contributed by atoms with Crippen molar-refractivity contribution < 1.29 is 9.90 Å². The van der Waals surface area contributed by atoms with E-state index in [1.54, 1.807) is 11.8 Å². The van der Waals surface area contributed by atoms with Crippen molar-refractivity contribution in [1.29, 1.82) is 0 Å². The minimum Gasteiger partial charge on any atom is -0.481 e. The molecule has 0 saturated carbocycles. The molecule has 0 aromatic carbocycles. The number of carboxylic acid groups (broad SMARTS) is 1. The first-order valence-electron chi connectivity index (χ1n) is 6.25. The van der Waals surface area contributed by atoms with Crippen LogP contribution in [0.3, 0.4) is 0 Å². The zero-order valence-electron chi connectivity index (χ0n) is 10.8. The molecule has 3 nitrogen and oxygen atoms in total. The predicted octanol–water partition coefficient (Wildman–Crippen LogP) is 3.38. The van der Waals surface area contributed by atoms with Crippen LogP contribution >= 0.6 is 24.0 Å². The standard InChI is InChI=1S/C12H23NO2S2/c1-3-13(4-2)12(16)17-10-8-6-5-7-9-11(14)15/h3-10H2,1-2H3,(H,14,15). The molecule has 1 N–H and O–H groups in total. The fourth-order valence-corrected chi connectivity index (χ4v) is 2.94. The molecule has 0 aliphatic heterocycles. The molecule has 0 spiro atoms. The average molecular weight is 277 g/mol. The molecule has 0 rings (SSSR count). The smallest absolute Gasteiger partial charge is 0.303 e. The Kier molecular flexibility index (Phi) is 10.7. The zero-order chi connectivity index (χ0) is 13.1. The van der Waals surface area contributed by atoms with Crippen molar-refractivity contribution in [2.45, 2.75) is 46.0 Å². The van der Waals surface area contributed by atoms with Crippen LogP contribution in [-0.2, 0) is 4.79 Å². The van der Waals surface area contributed by atoms with E-state index >= 15 is 0 Å². The van der Waals surface area contributed by atoms with Gasteiger partial charge in [-0.25, -0.2) is 0 Å². The van der Waals surface area contributed by atoms with Crippen LogP contribution in [0.4, 0.5) is 0 Å². The number of nitrogens with zero attached hydrogens (tertiary/aromatic N) is 1. The van der Waals surface area contributed by atoms with Gasteiger partial charge in [0.25, 0.3) is 0 Å². The quantitative estimate of drug-likeness (QED) is 0.517. The molecule has 100 valence electrons. The van der Waals surface area contributed by atoms with Gasteiger partial charge in [-0.05, 0) is 26.7 Å². The van der Waals surface area contributed by atoms with Gasteiger partial charge < -0.3 is 10.0 Å². The maximum Gasteiger partial charge on any atom is 0.303 e. The van der Waals surface area contributed by atoms with E-state index in [0.717, 1.165) is 48.8 Å². The minimum absolute atomic E-state index is 0.297. The molecule has 0 radical (unpaired) electrons. The van der Waals surface area contributed by atoms with Crippen LogP contribution < -0.4 is 0 Å². The Morgan fingerprint density at radius 3 is 2.29 bits per heavy atom. The third-order valence-corrected chi connectivity index (χ3v) is 4.14. The highest BCUT2D eigenvalue weighted by Gasteiger charge is 2.04. The van der Waals surface area contributed by atoms with Gasteiger partial charge in [0.15, 0.2) is 0 Å². The third kappa shape index (κ3) is 9.41. The van der Waals surface area contributed by atoms with Crippen LogP contribution in [0, 0.1) is 0 Å². The lowest BCUT2D eigenvalue weighted by molar-refractivity contribution is -0.137. The molecular weight excluding hydrogens is 254 g/mol. The summed E-state index contributed by atoms with van der Waals surface area (Å²) in [5.74, 6) is 0.352. The van der Waals surface area contributed by atoms with Gasteiger partial charge in [-0.15, -0.1) is 0 Å². The summed E-state index contributed by atoms with van der Waals surface area (Å²) in [5.41, 5.74) is 0. The van der Waals surface area contributed by atoms with Crippen molar-refractivity contribution in [1.82, 2.24) is 4.90 Å². The van der Waals surface area contributed by atoms with E-state index in [1.807, 2.05) is 0 Å². The van der Waals surface area contributed by atoms with E-state index in [2.05, 4.69) is 18.7 Å². The van der Waals surface area contributed by atoms with Crippen LogP contribution in [0.25, 0.3) is 0 Å². The second-order valence-corrected chi connectivity index (χ2v) is 5.57. The van der Waals surface area contributed by atoms with E-state index in [4.69, 9.17) is 17.3 Å². The van der Waals surface area contributed by atoms with E-state index in [1.165, 1.54) is 0 Å². The highest BCUT2D eigenvalue weighted by molar-refractivity contribution is 8.22. The molecule has 0 fully saturated rings. The number of hydrogen-bond donors (Lipinski definition) is 1. The number of rotatable bonds is 9. The van der Waals surface area contributed by atoms with E-state index in [-0.39, 0.29) is 0 Å². The minimum atomic E-state index is -0.693. The highest BCUT2D eigenvalue weighted by atomic mass is 32.2. The fraction of sp³-hybridized carbons (Fsp3) is 0.833. The molecule has 0 saturated heterocycles. The maximum atomic E-state index is 10.3. The summed E-state index contributed by atoms with van der Waals surface area (Å²) in [6.07, 6.45) is 4.31. The second kappa shape index (κ2) is 10.8. The van der Waals surface area contributed by atoms with Crippen LogP contribution in [0.15, 0.2) is 0 Å². The van der Waals surface area contributed by atoms with Crippen molar-refractivity contribution in [2.75, 3.05) is 18.8 Å². The Balaban J connectivity index is 3.39. The summed E-state index contributed by atoms with van der Waals surface area (Å²) in [6, 6.07) is 0. The fourth-order valence-electron chi connectivity index (χ4n) is 1.46. The second-order valence-electron chi connectivity index (χ2n) is 3.84. The molecule has 0 heterocycles. The van der Waals surface area contributed by atoms with Crippen molar-refractivity contribution in [3.63, 3.8) is 0 Å². The van der Waals surface area contributed by atoms with Crippen LogP contribution in [-0.4, -0.2) is 39.1 Å². The first-order valence-corrected chi connectivity index (χ1v) is 7.64. The van der Waals surface area contributed by atoms with Crippen molar-refractivity contribution in [3.05, 3.63) is 0 Å². The summed E-state index contributed by atoms with van der Waals surface area (Å²) < 4.78 is 0.987. The average Bonchev–Trinajstić information content (AvgIpc) is 2.29. The Morgan fingerprint density at radius 2 is 1.76 bits per heavy atom. The summed E-state index contributed by atoms with van der Waals surface area (Å²) >= 11 is 7.06. The van der Waals surface area contributed by atoms with Gasteiger partial charge in [-0.3, -0.25) is 4.79 Å². The number of thioether (sulfide) groups is 1. The lowest BCUT2D eigenvalue weighted by Gasteiger charge is -2.20. The third-order valence-electron chi connectivity index (χ3n) is 2.53. The Hall–Kier alpha value is -0.290. The summed E-state index contributed by atoms with van der Waals surface area (Å²) in [4.78, 5) is 12.5. The van der Waals surface area contributed by atoms with Gasteiger partial charge in [0.05, 0.1) is 0 Å². The number of carboxylic acids is 1. The molecule has 0 aliphatic rings. The SMILES string of the molecule is CCN(CC)C(=S)SCCCCCCC(=O)O. The number of carbonyl (C=O) groups is 1. The molecule has 0 aromatic heterocycles. The Labute approximate surface area is 114 Å². The Bertz CT molecular complexity index is 231. The molecule has 0 unspecified atom stereocenters. The molecule has 0 aliphatic carbocycles. The lowest BCUT2D eigenvalue weighted by atomic mass is 10.2. The van der Waals surface area contributed by atoms with Crippen molar-refractivity contribution >= 4 is 34.3 Å². The number of aliphatic carboxylic acids is 1. The predicted molar refractivity (Wildman–Crippen MR) is 78.7 cm³/mol. The molecule has 0 amide bonds. The van der Waals surface area contributed by atoms with Crippen LogP contribution in [0.2, 0.25) is 0 Å². The normalized spacial score (nSPS) is 10.2. The van der Waals surface area contributed by atoms with Gasteiger partial charge in [0.2, 0.25) is 0 Å². The monoisotopic (exact) mass is 277 g/mol. The summed E-state index contributed by atoms with van der Waals surface area (Å²) in [5, 5.41) is 8.48. The Morgan fingerprint density at radius 1 is 1.18 bits per heavy atom. The molecule has 0 aromatic rings. The molecule has 17 heavy (non-hydrogen) atoms. The van der Waals surface area contributed by atoms with E-state index < -0.39 is 5.97 Å². The summed E-state index contributed by atoms with van der Waals surface area (Å²) in [7, 11) is 0.